The molecule has 0 amide bonds. The van der Waals surface area contributed by atoms with Gasteiger partial charge in [-0.2, -0.15) is 0 Å². The zero-order valence-corrected chi connectivity index (χ0v) is 13.1. The number of aryl methyl sites for hydroxylation is 1. The first-order chi connectivity index (χ1) is 10.8. The Bertz CT molecular complexity index is 791. The molecule has 0 saturated heterocycles. The lowest BCUT2D eigenvalue weighted by molar-refractivity contribution is 1.05. The summed E-state index contributed by atoms with van der Waals surface area (Å²) >= 11 is 1.58. The number of nitrogens with one attached hydrogen (secondary N) is 1. The molecule has 0 saturated carbocycles. The lowest BCUT2D eigenvalue weighted by atomic mass is 10.1. The highest BCUT2D eigenvalue weighted by Gasteiger charge is 2.10. The van der Waals surface area contributed by atoms with Gasteiger partial charge < -0.3 is 5.32 Å². The fraction of sp³-hybridized carbons (Fsp3) is 0.125. The van der Waals surface area contributed by atoms with Gasteiger partial charge in [0.05, 0.1) is 16.3 Å². The molecule has 0 fully saturated rings. The Kier molecular flexibility index (Phi) is 4.29. The molecule has 0 unspecified atom stereocenters. The highest BCUT2D eigenvalue weighted by Crippen LogP contribution is 2.28. The monoisotopic (exact) mass is 309 g/mol. The zero-order chi connectivity index (χ0) is 15.4. The molecule has 0 spiro atoms. The van der Waals surface area contributed by atoms with Crippen LogP contribution in [0.15, 0.2) is 54.2 Å². The number of nitrogens with zero attached hydrogens (tertiary/aromatic N) is 4. The number of para-hydroxylation sites is 1. The molecular weight excluding hydrogens is 294 g/mol. The molecule has 0 aliphatic carbocycles. The average molecular weight is 309 g/mol. The van der Waals surface area contributed by atoms with Gasteiger partial charge in [-0.25, -0.2) is 19.9 Å². The van der Waals surface area contributed by atoms with Crippen molar-refractivity contribution in [1.82, 2.24) is 19.9 Å². The van der Waals surface area contributed by atoms with Crippen molar-refractivity contribution in [3.8, 4) is 11.3 Å². The van der Waals surface area contributed by atoms with Crippen LogP contribution in [0.5, 0.6) is 0 Å². The molecule has 1 N–H and O–H groups in total. The molecule has 3 aromatic rings. The summed E-state index contributed by atoms with van der Waals surface area (Å²) in [5.74, 6) is 0.732. The van der Waals surface area contributed by atoms with Crippen molar-refractivity contribution < 1.29 is 0 Å². The Labute approximate surface area is 133 Å². The Morgan fingerprint density at radius 3 is 2.73 bits per heavy atom. The summed E-state index contributed by atoms with van der Waals surface area (Å²) in [5, 5.41) is 4.27. The maximum Gasteiger partial charge on any atom is 0.143 e. The summed E-state index contributed by atoms with van der Waals surface area (Å²) in [6.45, 7) is 2.06. The van der Waals surface area contributed by atoms with Crippen LogP contribution in [0.1, 0.15) is 5.56 Å². The van der Waals surface area contributed by atoms with E-state index in [1.54, 1.807) is 24.3 Å². The standard InChI is InChI=1S/C16H15N5S/c1-11-5-3-4-6-13(11)21-16-12(8-17-9-20-16)14-7-15(22-2)19-10-18-14/h3-10H,1-2H3,(H,17,20,21). The van der Waals surface area contributed by atoms with Crippen LogP contribution in [-0.4, -0.2) is 26.2 Å². The molecule has 6 heteroatoms. The average Bonchev–Trinajstić information content (AvgIpc) is 2.57. The van der Waals surface area contributed by atoms with Gasteiger partial charge in [-0.3, -0.25) is 0 Å². The van der Waals surface area contributed by atoms with Crippen molar-refractivity contribution in [3.05, 3.63) is 54.7 Å². The molecule has 2 heterocycles. The van der Waals surface area contributed by atoms with Gasteiger partial charge >= 0.3 is 0 Å². The van der Waals surface area contributed by atoms with Crippen LogP contribution >= 0.6 is 11.8 Å². The molecule has 1 aromatic carbocycles. The van der Waals surface area contributed by atoms with Gasteiger partial charge in [-0.1, -0.05) is 18.2 Å². The van der Waals surface area contributed by atoms with Gasteiger partial charge in [0.25, 0.3) is 0 Å². The largest absolute Gasteiger partial charge is 0.339 e. The van der Waals surface area contributed by atoms with Crippen molar-refractivity contribution >= 4 is 23.3 Å². The summed E-state index contributed by atoms with van der Waals surface area (Å²) in [7, 11) is 0. The maximum absolute atomic E-state index is 4.36. The summed E-state index contributed by atoms with van der Waals surface area (Å²) in [6, 6.07) is 10.0. The highest BCUT2D eigenvalue weighted by molar-refractivity contribution is 7.98. The fourth-order valence-electron chi connectivity index (χ4n) is 2.06. The highest BCUT2D eigenvalue weighted by atomic mass is 32.2. The molecule has 0 aliphatic heterocycles. The molecule has 2 aromatic heterocycles. The topological polar surface area (TPSA) is 63.6 Å². The lowest BCUT2D eigenvalue weighted by Gasteiger charge is -2.12. The van der Waals surface area contributed by atoms with Gasteiger partial charge in [0.2, 0.25) is 0 Å². The fourth-order valence-corrected chi connectivity index (χ4v) is 2.44. The second-order valence-corrected chi connectivity index (χ2v) is 5.50. The van der Waals surface area contributed by atoms with Gasteiger partial charge in [0.1, 0.15) is 18.5 Å². The van der Waals surface area contributed by atoms with Crippen LogP contribution in [-0.2, 0) is 0 Å². The number of anilines is 2. The molecule has 3 rings (SSSR count). The van der Waals surface area contributed by atoms with E-state index in [1.165, 1.54) is 6.33 Å². The summed E-state index contributed by atoms with van der Waals surface area (Å²) in [4.78, 5) is 17.0. The Hall–Kier alpha value is -2.47. The van der Waals surface area contributed by atoms with Crippen molar-refractivity contribution in [2.24, 2.45) is 0 Å². The molecule has 22 heavy (non-hydrogen) atoms. The minimum Gasteiger partial charge on any atom is -0.339 e. The van der Waals surface area contributed by atoms with Crippen LogP contribution in [0.25, 0.3) is 11.3 Å². The number of benzene rings is 1. The lowest BCUT2D eigenvalue weighted by Crippen LogP contribution is -2.00. The van der Waals surface area contributed by atoms with Crippen molar-refractivity contribution in [2.45, 2.75) is 11.9 Å². The second kappa shape index (κ2) is 6.53. The number of thioether (sulfide) groups is 1. The first kappa shape index (κ1) is 14.5. The minimum atomic E-state index is 0.732. The number of rotatable bonds is 4. The van der Waals surface area contributed by atoms with E-state index >= 15 is 0 Å². The van der Waals surface area contributed by atoms with Crippen LogP contribution in [0.2, 0.25) is 0 Å². The third-order valence-electron chi connectivity index (χ3n) is 3.24. The molecule has 0 bridgehead atoms. The van der Waals surface area contributed by atoms with E-state index < -0.39 is 0 Å². The third kappa shape index (κ3) is 3.07. The van der Waals surface area contributed by atoms with Crippen molar-refractivity contribution in [2.75, 3.05) is 11.6 Å². The predicted octanol–water partition coefficient (Wildman–Crippen LogP) is 3.71. The Morgan fingerprint density at radius 2 is 1.91 bits per heavy atom. The Morgan fingerprint density at radius 1 is 1.05 bits per heavy atom. The first-order valence-electron chi connectivity index (χ1n) is 6.77. The van der Waals surface area contributed by atoms with Gasteiger partial charge in [0, 0.05) is 11.9 Å². The van der Waals surface area contributed by atoms with Gasteiger partial charge in [-0.05, 0) is 30.9 Å². The van der Waals surface area contributed by atoms with E-state index in [9.17, 15) is 0 Å². The smallest absolute Gasteiger partial charge is 0.143 e. The first-order valence-corrected chi connectivity index (χ1v) is 7.99. The van der Waals surface area contributed by atoms with E-state index in [4.69, 9.17) is 0 Å². The minimum absolute atomic E-state index is 0.732. The van der Waals surface area contributed by atoms with Crippen LogP contribution in [0.3, 0.4) is 0 Å². The van der Waals surface area contributed by atoms with E-state index in [0.29, 0.717) is 0 Å². The molecule has 0 radical (unpaired) electrons. The van der Waals surface area contributed by atoms with Crippen LogP contribution in [0, 0.1) is 6.92 Å². The normalized spacial score (nSPS) is 10.5. The quantitative estimate of drug-likeness (QED) is 0.585. The molecule has 0 atom stereocenters. The van der Waals surface area contributed by atoms with E-state index in [-0.39, 0.29) is 0 Å². The molecule has 110 valence electrons. The van der Waals surface area contributed by atoms with E-state index in [0.717, 1.165) is 33.4 Å². The molecule has 5 nitrogen and oxygen atoms in total. The van der Waals surface area contributed by atoms with E-state index in [2.05, 4.69) is 38.2 Å². The zero-order valence-electron chi connectivity index (χ0n) is 12.3. The van der Waals surface area contributed by atoms with Crippen molar-refractivity contribution in [1.29, 1.82) is 0 Å². The maximum atomic E-state index is 4.36. The molecule has 0 aliphatic rings. The second-order valence-electron chi connectivity index (χ2n) is 4.67. The predicted molar refractivity (Wildman–Crippen MR) is 89.3 cm³/mol. The van der Waals surface area contributed by atoms with Crippen LogP contribution < -0.4 is 5.32 Å². The van der Waals surface area contributed by atoms with E-state index in [1.807, 2.05) is 30.5 Å². The summed E-state index contributed by atoms with van der Waals surface area (Å²) in [6.07, 6.45) is 6.84. The third-order valence-corrected chi connectivity index (χ3v) is 3.88. The van der Waals surface area contributed by atoms with Crippen LogP contribution in [0.4, 0.5) is 11.5 Å². The summed E-state index contributed by atoms with van der Waals surface area (Å²) < 4.78 is 0. The Balaban J connectivity index is 2.01. The SMILES string of the molecule is CSc1cc(-c2cncnc2Nc2ccccc2C)ncn1. The summed E-state index contributed by atoms with van der Waals surface area (Å²) in [5.41, 5.74) is 3.82. The van der Waals surface area contributed by atoms with Gasteiger partial charge in [0.15, 0.2) is 0 Å². The number of aromatic nitrogens is 4. The van der Waals surface area contributed by atoms with Crippen molar-refractivity contribution in [3.63, 3.8) is 0 Å². The molecular formula is C16H15N5S. The number of hydrogen-bond acceptors (Lipinski definition) is 6. The number of hydrogen-bond donors (Lipinski definition) is 1. The van der Waals surface area contributed by atoms with Gasteiger partial charge in [-0.15, -0.1) is 11.8 Å².